The zero-order chi connectivity index (χ0) is 12.3. The van der Waals surface area contributed by atoms with Crippen LogP contribution in [0, 0.1) is 0 Å². The van der Waals surface area contributed by atoms with Crippen molar-refractivity contribution in [3.63, 3.8) is 0 Å². The van der Waals surface area contributed by atoms with Gasteiger partial charge in [-0.15, -0.1) is 0 Å². The molecular weight excluding hydrogens is 236 g/mol. The van der Waals surface area contributed by atoms with E-state index in [0.717, 1.165) is 23.4 Å². The predicted molar refractivity (Wildman–Crippen MR) is 72.5 cm³/mol. The lowest BCUT2D eigenvalue weighted by Crippen LogP contribution is -2.14. The summed E-state index contributed by atoms with van der Waals surface area (Å²) in [6.45, 7) is 2.83. The van der Waals surface area contributed by atoms with Crippen molar-refractivity contribution in [3.05, 3.63) is 28.7 Å². The Hall–Kier alpha value is -1.36. The molecule has 1 aromatic heterocycles. The number of aromatic nitrogens is 1. The van der Waals surface area contributed by atoms with Crippen LogP contribution >= 0.6 is 11.8 Å². The number of nitrogens with zero attached hydrogens (tertiary/aromatic N) is 1. The highest BCUT2D eigenvalue weighted by Crippen LogP contribution is 2.16. The van der Waals surface area contributed by atoms with E-state index in [2.05, 4.69) is 6.92 Å². The van der Waals surface area contributed by atoms with Crippen LogP contribution in [0.3, 0.4) is 0 Å². The molecule has 0 atom stereocenters. The minimum Gasteiger partial charge on any atom is -0.408 e. The van der Waals surface area contributed by atoms with Crippen molar-refractivity contribution in [2.45, 2.75) is 19.9 Å². The van der Waals surface area contributed by atoms with Gasteiger partial charge in [-0.05, 0) is 30.1 Å². The number of benzene rings is 1. The first-order chi connectivity index (χ1) is 8.22. The van der Waals surface area contributed by atoms with E-state index in [1.807, 2.05) is 17.8 Å². The van der Waals surface area contributed by atoms with Gasteiger partial charge in [0.1, 0.15) is 0 Å². The van der Waals surface area contributed by atoms with E-state index < -0.39 is 0 Å². The van der Waals surface area contributed by atoms with Gasteiger partial charge in [0.05, 0.1) is 5.52 Å². The van der Waals surface area contributed by atoms with Crippen molar-refractivity contribution in [2.24, 2.45) is 0 Å². The first-order valence-electron chi connectivity index (χ1n) is 5.69. The van der Waals surface area contributed by atoms with E-state index >= 15 is 0 Å². The number of fused-ring (bicyclic) bond motifs is 1. The molecule has 0 aliphatic carbocycles. The lowest BCUT2D eigenvalue weighted by Gasteiger charge is -2.01. The topological polar surface area (TPSA) is 61.2 Å². The third kappa shape index (κ3) is 2.66. The van der Waals surface area contributed by atoms with Crippen molar-refractivity contribution < 1.29 is 4.42 Å². The van der Waals surface area contributed by atoms with Gasteiger partial charge >= 0.3 is 5.76 Å². The summed E-state index contributed by atoms with van der Waals surface area (Å²) in [5.41, 5.74) is 7.65. The molecule has 5 heteroatoms. The van der Waals surface area contributed by atoms with Crippen molar-refractivity contribution in [2.75, 3.05) is 17.2 Å². The van der Waals surface area contributed by atoms with E-state index in [-0.39, 0.29) is 5.76 Å². The highest BCUT2D eigenvalue weighted by molar-refractivity contribution is 7.99. The fourth-order valence-electron chi connectivity index (χ4n) is 1.76. The van der Waals surface area contributed by atoms with Gasteiger partial charge in [0, 0.05) is 18.3 Å². The molecule has 1 aromatic carbocycles. The van der Waals surface area contributed by atoms with Gasteiger partial charge < -0.3 is 10.2 Å². The number of hydrogen-bond acceptors (Lipinski definition) is 4. The molecule has 1 heterocycles. The van der Waals surface area contributed by atoms with Crippen molar-refractivity contribution in [1.29, 1.82) is 0 Å². The molecule has 17 heavy (non-hydrogen) atoms. The Morgan fingerprint density at radius 1 is 1.47 bits per heavy atom. The summed E-state index contributed by atoms with van der Waals surface area (Å²) in [7, 11) is 0. The van der Waals surface area contributed by atoms with Crippen LogP contribution in [-0.2, 0) is 6.54 Å². The standard InChI is InChI=1S/C12H16N2O2S/c1-2-17-7-3-6-14-10-5-4-9(13)8-11(10)16-12(14)15/h4-5,8H,2-3,6-7,13H2,1H3. The third-order valence-corrected chi connectivity index (χ3v) is 3.55. The number of oxazole rings is 1. The molecule has 0 saturated carbocycles. The van der Waals surface area contributed by atoms with Gasteiger partial charge in [0.2, 0.25) is 0 Å². The molecule has 0 aliphatic rings. The average Bonchev–Trinajstić information content (AvgIpc) is 2.60. The normalized spacial score (nSPS) is 11.1. The molecule has 0 fully saturated rings. The van der Waals surface area contributed by atoms with Gasteiger partial charge in [0.15, 0.2) is 5.58 Å². The molecule has 0 amide bonds. The Morgan fingerprint density at radius 2 is 2.29 bits per heavy atom. The number of rotatable bonds is 5. The van der Waals surface area contributed by atoms with Crippen LogP contribution in [0.5, 0.6) is 0 Å². The number of thioether (sulfide) groups is 1. The minimum atomic E-state index is -0.299. The number of aryl methyl sites for hydroxylation is 1. The molecule has 0 radical (unpaired) electrons. The van der Waals surface area contributed by atoms with Crippen LogP contribution in [0.4, 0.5) is 5.69 Å². The summed E-state index contributed by atoms with van der Waals surface area (Å²) in [6, 6.07) is 5.31. The fourth-order valence-corrected chi connectivity index (χ4v) is 2.39. The first kappa shape index (κ1) is 12.1. The molecule has 0 unspecified atom stereocenters. The molecule has 2 aromatic rings. The van der Waals surface area contributed by atoms with Crippen LogP contribution in [0.2, 0.25) is 0 Å². The molecule has 4 nitrogen and oxygen atoms in total. The van der Waals surface area contributed by atoms with E-state index in [0.29, 0.717) is 17.8 Å². The summed E-state index contributed by atoms with van der Waals surface area (Å²) in [5.74, 6) is 1.87. The Balaban J connectivity index is 2.21. The summed E-state index contributed by atoms with van der Waals surface area (Å²) < 4.78 is 6.83. The second kappa shape index (κ2) is 5.31. The van der Waals surface area contributed by atoms with Crippen molar-refractivity contribution in [3.8, 4) is 0 Å². The first-order valence-corrected chi connectivity index (χ1v) is 6.84. The van der Waals surface area contributed by atoms with Crippen molar-refractivity contribution >= 4 is 28.5 Å². The summed E-state index contributed by atoms with van der Waals surface area (Å²) >= 11 is 1.88. The number of nitrogen functional groups attached to an aromatic ring is 1. The molecule has 0 saturated heterocycles. The largest absolute Gasteiger partial charge is 0.419 e. The highest BCUT2D eigenvalue weighted by atomic mass is 32.2. The molecule has 92 valence electrons. The summed E-state index contributed by atoms with van der Waals surface area (Å²) in [4.78, 5) is 11.7. The van der Waals surface area contributed by atoms with Gasteiger partial charge in [-0.25, -0.2) is 4.79 Å². The second-order valence-electron chi connectivity index (χ2n) is 3.80. The third-order valence-electron chi connectivity index (χ3n) is 2.57. The van der Waals surface area contributed by atoms with Crippen LogP contribution in [0.1, 0.15) is 13.3 Å². The molecule has 2 rings (SSSR count). The summed E-state index contributed by atoms with van der Waals surface area (Å²) in [5, 5.41) is 0. The molecule has 2 N–H and O–H groups in total. The van der Waals surface area contributed by atoms with Crippen LogP contribution in [0.25, 0.3) is 11.1 Å². The van der Waals surface area contributed by atoms with Gasteiger partial charge in [0.25, 0.3) is 0 Å². The zero-order valence-electron chi connectivity index (χ0n) is 9.81. The number of nitrogens with two attached hydrogens (primary N) is 1. The SMILES string of the molecule is CCSCCCn1c(=O)oc2cc(N)ccc21. The lowest BCUT2D eigenvalue weighted by molar-refractivity contribution is 0.503. The van der Waals surface area contributed by atoms with E-state index in [9.17, 15) is 4.79 Å². The Morgan fingerprint density at radius 3 is 3.06 bits per heavy atom. The molecule has 0 aliphatic heterocycles. The maximum absolute atomic E-state index is 11.7. The minimum absolute atomic E-state index is 0.299. The molecule has 0 bridgehead atoms. The summed E-state index contributed by atoms with van der Waals surface area (Å²) in [6.07, 6.45) is 0.970. The monoisotopic (exact) mass is 252 g/mol. The van der Waals surface area contributed by atoms with Crippen molar-refractivity contribution in [1.82, 2.24) is 4.57 Å². The molecular formula is C12H16N2O2S. The van der Waals surface area contributed by atoms with Crippen LogP contribution < -0.4 is 11.5 Å². The number of anilines is 1. The predicted octanol–water partition coefficient (Wildman–Crippen LogP) is 2.32. The number of hydrogen-bond donors (Lipinski definition) is 1. The maximum atomic E-state index is 11.7. The zero-order valence-corrected chi connectivity index (χ0v) is 10.6. The molecule has 0 spiro atoms. The lowest BCUT2D eigenvalue weighted by atomic mass is 10.3. The Labute approximate surface area is 104 Å². The highest BCUT2D eigenvalue weighted by Gasteiger charge is 2.08. The van der Waals surface area contributed by atoms with Gasteiger partial charge in [-0.1, -0.05) is 6.92 Å². The Bertz CT molecular complexity index is 559. The Kier molecular flexibility index (Phi) is 3.78. The average molecular weight is 252 g/mol. The fraction of sp³-hybridized carbons (Fsp3) is 0.417. The van der Waals surface area contributed by atoms with E-state index in [1.54, 1.807) is 16.7 Å². The van der Waals surface area contributed by atoms with Gasteiger partial charge in [-0.2, -0.15) is 11.8 Å². The van der Waals surface area contributed by atoms with E-state index in [1.165, 1.54) is 0 Å². The van der Waals surface area contributed by atoms with Crippen LogP contribution in [0.15, 0.2) is 27.4 Å². The second-order valence-corrected chi connectivity index (χ2v) is 5.19. The van der Waals surface area contributed by atoms with E-state index in [4.69, 9.17) is 10.2 Å². The smallest absolute Gasteiger partial charge is 0.408 e. The van der Waals surface area contributed by atoms with Crippen LogP contribution in [-0.4, -0.2) is 16.1 Å². The quantitative estimate of drug-likeness (QED) is 0.655. The maximum Gasteiger partial charge on any atom is 0.419 e. The van der Waals surface area contributed by atoms with Gasteiger partial charge in [-0.3, -0.25) is 4.57 Å².